The topological polar surface area (TPSA) is 70.5 Å². The minimum Gasteiger partial charge on any atom is -0.481 e. The molecule has 1 N–H and O–H groups in total. The van der Waals surface area contributed by atoms with E-state index in [0.717, 1.165) is 11.3 Å². The Morgan fingerprint density at radius 1 is 1.26 bits per heavy atom. The molecule has 6 heteroatoms. The number of carboxylic acids is 1. The molecule has 2 aromatic rings. The maximum Gasteiger partial charge on any atom is 0.308 e. The summed E-state index contributed by atoms with van der Waals surface area (Å²) in [6, 6.07) is 9.74. The molecule has 5 nitrogen and oxygen atoms in total. The largest absolute Gasteiger partial charge is 0.481 e. The van der Waals surface area contributed by atoms with Crippen LogP contribution < -0.4 is 0 Å². The highest BCUT2D eigenvalue weighted by molar-refractivity contribution is 7.12. The number of hydrogen-bond donors (Lipinski definition) is 1. The van der Waals surface area contributed by atoms with E-state index < -0.39 is 11.9 Å². The number of carbonyl (C=O) groups excluding carboxylic acids is 1. The Balaban J connectivity index is 1.80. The van der Waals surface area contributed by atoms with Crippen LogP contribution in [0.15, 0.2) is 35.7 Å². The summed E-state index contributed by atoms with van der Waals surface area (Å²) in [5.74, 6) is -1.49. The zero-order chi connectivity index (χ0) is 16.4. The highest BCUT2D eigenvalue weighted by atomic mass is 32.1. The number of hydrogen-bond acceptors (Lipinski definition) is 4. The van der Waals surface area contributed by atoms with Crippen LogP contribution in [0, 0.1) is 5.92 Å². The molecule has 1 aromatic heterocycles. The van der Waals surface area contributed by atoms with Gasteiger partial charge in [0.2, 0.25) is 0 Å². The van der Waals surface area contributed by atoms with E-state index in [1.807, 2.05) is 42.6 Å². The Hall–Kier alpha value is -2.21. The summed E-state index contributed by atoms with van der Waals surface area (Å²) in [5.41, 5.74) is 1.75. The maximum atomic E-state index is 12.7. The van der Waals surface area contributed by atoms with Gasteiger partial charge in [-0.05, 0) is 19.8 Å². The number of piperidine rings is 1. The number of carbonyl (C=O) groups is 2. The van der Waals surface area contributed by atoms with Crippen molar-refractivity contribution in [1.82, 2.24) is 9.88 Å². The fourth-order valence-corrected chi connectivity index (χ4v) is 3.61. The maximum absolute atomic E-state index is 12.7. The summed E-state index contributed by atoms with van der Waals surface area (Å²) in [6.45, 7) is 2.22. The second-order valence-corrected chi connectivity index (χ2v) is 6.68. The molecular formula is C17H18N2O3S. The molecule has 23 heavy (non-hydrogen) atoms. The molecule has 0 radical (unpaired) electrons. The van der Waals surface area contributed by atoms with Gasteiger partial charge in [-0.1, -0.05) is 30.3 Å². The second-order valence-electron chi connectivity index (χ2n) is 5.82. The molecular weight excluding hydrogens is 312 g/mol. The SMILES string of the molecule is CC1CCC(C(=O)O)CN1C(=O)c1nc(-c2ccccc2)cs1. The predicted molar refractivity (Wildman–Crippen MR) is 88.4 cm³/mol. The summed E-state index contributed by atoms with van der Waals surface area (Å²) in [5, 5.41) is 11.5. The second kappa shape index (κ2) is 6.50. The Labute approximate surface area is 138 Å². The quantitative estimate of drug-likeness (QED) is 0.938. The summed E-state index contributed by atoms with van der Waals surface area (Å²) in [7, 11) is 0. The minimum atomic E-state index is -0.834. The van der Waals surface area contributed by atoms with Gasteiger partial charge in [0.15, 0.2) is 5.01 Å². The van der Waals surface area contributed by atoms with Gasteiger partial charge < -0.3 is 10.0 Å². The summed E-state index contributed by atoms with van der Waals surface area (Å²) in [4.78, 5) is 30.0. The molecule has 2 heterocycles. The van der Waals surface area contributed by atoms with Crippen LogP contribution in [-0.2, 0) is 4.79 Å². The Morgan fingerprint density at radius 3 is 2.70 bits per heavy atom. The molecule has 1 aliphatic rings. The van der Waals surface area contributed by atoms with Gasteiger partial charge in [-0.2, -0.15) is 0 Å². The number of thiazole rings is 1. The van der Waals surface area contributed by atoms with Crippen molar-refractivity contribution in [2.24, 2.45) is 5.92 Å². The van der Waals surface area contributed by atoms with Crippen molar-refractivity contribution in [2.45, 2.75) is 25.8 Å². The number of carboxylic acid groups (broad SMARTS) is 1. The molecule has 0 spiro atoms. The summed E-state index contributed by atoms with van der Waals surface area (Å²) >= 11 is 1.31. The Bertz CT molecular complexity index is 714. The number of likely N-dealkylation sites (tertiary alicyclic amines) is 1. The van der Waals surface area contributed by atoms with Crippen LogP contribution in [0.2, 0.25) is 0 Å². The van der Waals surface area contributed by atoms with Gasteiger partial charge in [0.05, 0.1) is 11.6 Å². The molecule has 1 saturated heterocycles. The predicted octanol–water partition coefficient (Wildman–Crippen LogP) is 3.14. The summed E-state index contributed by atoms with van der Waals surface area (Å²) in [6.07, 6.45) is 1.33. The van der Waals surface area contributed by atoms with Gasteiger partial charge in [-0.3, -0.25) is 9.59 Å². The van der Waals surface area contributed by atoms with Crippen LogP contribution in [0.4, 0.5) is 0 Å². The molecule has 1 aromatic carbocycles. The number of rotatable bonds is 3. The number of benzene rings is 1. The van der Waals surface area contributed by atoms with Crippen molar-refractivity contribution < 1.29 is 14.7 Å². The standard InChI is InChI=1S/C17H18N2O3S/c1-11-7-8-13(17(21)22)9-19(11)16(20)15-18-14(10-23-15)12-5-3-2-4-6-12/h2-6,10-11,13H,7-9H2,1H3,(H,21,22). The fraction of sp³-hybridized carbons (Fsp3) is 0.353. The van der Waals surface area contributed by atoms with Crippen LogP contribution in [0.1, 0.15) is 29.6 Å². The van der Waals surface area contributed by atoms with Gasteiger partial charge in [0.1, 0.15) is 0 Å². The monoisotopic (exact) mass is 330 g/mol. The van der Waals surface area contributed by atoms with Crippen molar-refractivity contribution in [1.29, 1.82) is 0 Å². The van der Waals surface area contributed by atoms with Gasteiger partial charge in [0.25, 0.3) is 5.91 Å². The number of aromatic nitrogens is 1. The van der Waals surface area contributed by atoms with E-state index in [1.54, 1.807) is 4.90 Å². The first-order chi connectivity index (χ1) is 11.1. The van der Waals surface area contributed by atoms with E-state index in [1.165, 1.54) is 11.3 Å². The Morgan fingerprint density at radius 2 is 2.00 bits per heavy atom. The molecule has 1 aliphatic heterocycles. The summed E-state index contributed by atoms with van der Waals surface area (Å²) < 4.78 is 0. The van der Waals surface area contributed by atoms with E-state index in [9.17, 15) is 14.7 Å². The molecule has 1 fully saturated rings. The molecule has 3 rings (SSSR count). The van der Waals surface area contributed by atoms with Gasteiger partial charge in [0, 0.05) is 23.5 Å². The molecule has 120 valence electrons. The van der Waals surface area contributed by atoms with Crippen molar-refractivity contribution in [3.63, 3.8) is 0 Å². The fourth-order valence-electron chi connectivity index (χ4n) is 2.83. The third kappa shape index (κ3) is 3.27. The van der Waals surface area contributed by atoms with Crippen molar-refractivity contribution >= 4 is 23.2 Å². The van der Waals surface area contributed by atoms with E-state index in [4.69, 9.17) is 0 Å². The van der Waals surface area contributed by atoms with Crippen LogP contribution in [0.25, 0.3) is 11.3 Å². The first-order valence-electron chi connectivity index (χ1n) is 7.61. The van der Waals surface area contributed by atoms with Crippen LogP contribution in [-0.4, -0.2) is 39.5 Å². The lowest BCUT2D eigenvalue weighted by atomic mass is 9.93. The van der Waals surface area contributed by atoms with E-state index in [0.29, 0.717) is 17.8 Å². The minimum absolute atomic E-state index is 0.0437. The number of amides is 1. The Kier molecular flexibility index (Phi) is 4.43. The number of aliphatic carboxylic acids is 1. The van der Waals surface area contributed by atoms with Crippen molar-refractivity contribution in [3.05, 3.63) is 40.7 Å². The first-order valence-corrected chi connectivity index (χ1v) is 8.49. The normalized spacial score (nSPS) is 21.2. The third-order valence-electron chi connectivity index (χ3n) is 4.25. The molecule has 2 atom stereocenters. The lowest BCUT2D eigenvalue weighted by Crippen LogP contribution is -2.47. The highest BCUT2D eigenvalue weighted by Crippen LogP contribution is 2.27. The first kappa shape index (κ1) is 15.7. The third-order valence-corrected chi connectivity index (χ3v) is 5.08. The molecule has 0 aliphatic carbocycles. The number of nitrogens with zero attached hydrogens (tertiary/aromatic N) is 2. The van der Waals surface area contributed by atoms with Gasteiger partial charge >= 0.3 is 5.97 Å². The van der Waals surface area contributed by atoms with Gasteiger partial charge in [-0.25, -0.2) is 4.98 Å². The van der Waals surface area contributed by atoms with E-state index in [2.05, 4.69) is 4.98 Å². The average Bonchev–Trinajstić information content (AvgIpc) is 3.05. The van der Waals surface area contributed by atoms with Crippen LogP contribution in [0.3, 0.4) is 0 Å². The highest BCUT2D eigenvalue weighted by Gasteiger charge is 2.34. The van der Waals surface area contributed by atoms with E-state index >= 15 is 0 Å². The smallest absolute Gasteiger partial charge is 0.308 e. The molecule has 0 saturated carbocycles. The van der Waals surface area contributed by atoms with E-state index in [-0.39, 0.29) is 18.5 Å². The molecule has 1 amide bonds. The average molecular weight is 330 g/mol. The van der Waals surface area contributed by atoms with Crippen LogP contribution >= 0.6 is 11.3 Å². The van der Waals surface area contributed by atoms with Crippen molar-refractivity contribution in [3.8, 4) is 11.3 Å². The zero-order valence-electron chi connectivity index (χ0n) is 12.8. The van der Waals surface area contributed by atoms with Crippen LogP contribution in [0.5, 0.6) is 0 Å². The van der Waals surface area contributed by atoms with Crippen molar-refractivity contribution in [2.75, 3.05) is 6.54 Å². The van der Waals surface area contributed by atoms with Gasteiger partial charge in [-0.15, -0.1) is 11.3 Å². The zero-order valence-corrected chi connectivity index (χ0v) is 13.6. The molecule has 2 unspecified atom stereocenters. The lowest BCUT2D eigenvalue weighted by Gasteiger charge is -2.35. The lowest BCUT2D eigenvalue weighted by molar-refractivity contribution is -0.143. The molecule has 0 bridgehead atoms.